The van der Waals surface area contributed by atoms with Crippen LogP contribution in [-0.4, -0.2) is 24.8 Å². The quantitative estimate of drug-likeness (QED) is 0.626. The van der Waals surface area contributed by atoms with E-state index in [1.54, 1.807) is 0 Å². The number of carbonyl (C=O) groups excluding carboxylic acids is 2. The molecule has 1 aromatic carbocycles. The Kier molecular flexibility index (Phi) is 3.34. The van der Waals surface area contributed by atoms with Crippen LogP contribution in [0.5, 0.6) is 0 Å². The number of Topliss-reactive ketones (excluding diaryl/α,β-unsaturated/α-hetero) is 1. The molecule has 19 heavy (non-hydrogen) atoms. The summed E-state index contributed by atoms with van der Waals surface area (Å²) in [5, 5.41) is 0. The predicted molar refractivity (Wildman–Crippen MR) is 59.5 cm³/mol. The monoisotopic (exact) mass is 272 g/mol. The molecule has 1 aromatic rings. The molecule has 1 aliphatic carbocycles. The molecular weight excluding hydrogens is 261 g/mol. The summed E-state index contributed by atoms with van der Waals surface area (Å²) < 4.78 is 44.2. The van der Waals surface area contributed by atoms with Gasteiger partial charge in [-0.15, -0.1) is 0 Å². The van der Waals surface area contributed by atoms with Gasteiger partial charge in [0.05, 0.1) is 6.61 Å². The molecule has 0 heterocycles. The van der Waals surface area contributed by atoms with Crippen LogP contribution in [0.2, 0.25) is 0 Å². The molecule has 0 bridgehead atoms. The summed E-state index contributed by atoms with van der Waals surface area (Å²) in [7, 11) is 0. The fraction of sp³-hybridized carbons (Fsp3) is 0.385. The molecule has 0 saturated heterocycles. The molecule has 2 rings (SSSR count). The van der Waals surface area contributed by atoms with Crippen LogP contribution in [0.25, 0.3) is 0 Å². The van der Waals surface area contributed by atoms with Crippen molar-refractivity contribution in [1.29, 1.82) is 0 Å². The molecule has 0 N–H and O–H groups in total. The van der Waals surface area contributed by atoms with Gasteiger partial charge >= 0.3 is 5.97 Å². The van der Waals surface area contributed by atoms with Crippen LogP contribution >= 0.6 is 0 Å². The number of benzene rings is 1. The van der Waals surface area contributed by atoms with Gasteiger partial charge in [-0.05, 0) is 30.7 Å². The summed E-state index contributed by atoms with van der Waals surface area (Å²) >= 11 is 0. The Morgan fingerprint density at radius 1 is 1.47 bits per heavy atom. The molecule has 102 valence electrons. The SMILES string of the molecule is CCOC(=O)C1(C(F)F)Cc2cc(F)ccc2C1=O. The Labute approximate surface area is 107 Å². The predicted octanol–water partition coefficient (Wildman–Crippen LogP) is 2.38. The van der Waals surface area contributed by atoms with Crippen LogP contribution in [0.3, 0.4) is 0 Å². The van der Waals surface area contributed by atoms with Crippen LogP contribution in [0.15, 0.2) is 18.2 Å². The highest BCUT2D eigenvalue weighted by Crippen LogP contribution is 2.42. The number of ketones is 1. The van der Waals surface area contributed by atoms with Crippen LogP contribution < -0.4 is 0 Å². The Hall–Kier alpha value is -1.85. The van der Waals surface area contributed by atoms with Crippen molar-refractivity contribution in [3.63, 3.8) is 0 Å². The standard InChI is InChI=1S/C13H11F3O3/c1-2-19-12(18)13(11(15)16)6-7-5-8(14)3-4-9(7)10(13)17/h3-5,11H,2,6H2,1H3. The highest BCUT2D eigenvalue weighted by molar-refractivity contribution is 6.16. The van der Waals surface area contributed by atoms with E-state index in [4.69, 9.17) is 0 Å². The summed E-state index contributed by atoms with van der Waals surface area (Å²) in [6.45, 7) is 1.36. The van der Waals surface area contributed by atoms with E-state index in [1.807, 2.05) is 0 Å². The lowest BCUT2D eigenvalue weighted by Crippen LogP contribution is -2.45. The number of carbonyl (C=O) groups is 2. The molecule has 0 fully saturated rings. The first-order valence-corrected chi connectivity index (χ1v) is 5.72. The van der Waals surface area contributed by atoms with E-state index >= 15 is 0 Å². The fourth-order valence-electron chi connectivity index (χ4n) is 2.24. The third kappa shape index (κ3) is 1.91. The summed E-state index contributed by atoms with van der Waals surface area (Å²) in [6.07, 6.45) is -3.73. The lowest BCUT2D eigenvalue weighted by atomic mass is 9.84. The van der Waals surface area contributed by atoms with Gasteiger partial charge in [0.2, 0.25) is 0 Å². The topological polar surface area (TPSA) is 43.4 Å². The fourth-order valence-corrected chi connectivity index (χ4v) is 2.24. The van der Waals surface area contributed by atoms with Gasteiger partial charge in [0, 0.05) is 12.0 Å². The normalized spacial score (nSPS) is 21.6. The Morgan fingerprint density at radius 2 is 2.16 bits per heavy atom. The first kappa shape index (κ1) is 13.6. The van der Waals surface area contributed by atoms with Crippen LogP contribution in [0.4, 0.5) is 13.2 Å². The van der Waals surface area contributed by atoms with Crippen molar-refractivity contribution >= 4 is 11.8 Å². The Morgan fingerprint density at radius 3 is 2.74 bits per heavy atom. The zero-order chi connectivity index (χ0) is 14.2. The highest BCUT2D eigenvalue weighted by atomic mass is 19.3. The second-order valence-corrected chi connectivity index (χ2v) is 4.30. The molecule has 1 aliphatic rings. The molecule has 1 unspecified atom stereocenters. The van der Waals surface area contributed by atoms with Crippen molar-refractivity contribution in [3.05, 3.63) is 35.1 Å². The van der Waals surface area contributed by atoms with Crippen molar-refractivity contribution < 1.29 is 27.5 Å². The largest absolute Gasteiger partial charge is 0.465 e. The third-order valence-electron chi connectivity index (χ3n) is 3.20. The smallest absolute Gasteiger partial charge is 0.326 e. The number of hydrogen-bond acceptors (Lipinski definition) is 3. The minimum absolute atomic E-state index is 0.0465. The van der Waals surface area contributed by atoms with E-state index in [-0.39, 0.29) is 17.7 Å². The zero-order valence-corrected chi connectivity index (χ0v) is 10.1. The van der Waals surface area contributed by atoms with E-state index in [0.29, 0.717) is 0 Å². The van der Waals surface area contributed by atoms with Crippen molar-refractivity contribution in [1.82, 2.24) is 0 Å². The number of fused-ring (bicyclic) bond motifs is 1. The van der Waals surface area contributed by atoms with E-state index in [0.717, 1.165) is 18.2 Å². The second kappa shape index (κ2) is 4.68. The van der Waals surface area contributed by atoms with E-state index < -0.39 is 35.8 Å². The minimum Gasteiger partial charge on any atom is -0.465 e. The van der Waals surface area contributed by atoms with Gasteiger partial charge in [0.1, 0.15) is 5.82 Å². The van der Waals surface area contributed by atoms with Gasteiger partial charge in [-0.1, -0.05) is 0 Å². The molecule has 0 amide bonds. The van der Waals surface area contributed by atoms with Crippen molar-refractivity contribution in [2.45, 2.75) is 19.8 Å². The molecule has 0 radical (unpaired) electrons. The summed E-state index contributed by atoms with van der Waals surface area (Å²) in [6, 6.07) is 3.12. The van der Waals surface area contributed by atoms with E-state index in [2.05, 4.69) is 4.74 Å². The maximum atomic E-state index is 13.3. The number of rotatable bonds is 3. The molecule has 3 nitrogen and oxygen atoms in total. The van der Waals surface area contributed by atoms with Gasteiger partial charge in [-0.3, -0.25) is 9.59 Å². The number of alkyl halides is 2. The van der Waals surface area contributed by atoms with Crippen molar-refractivity contribution in [2.75, 3.05) is 6.61 Å². The summed E-state index contributed by atoms with van der Waals surface area (Å²) in [5.41, 5.74) is -2.47. The molecule has 6 heteroatoms. The van der Waals surface area contributed by atoms with Gasteiger partial charge in [0.15, 0.2) is 11.2 Å². The number of hydrogen-bond donors (Lipinski definition) is 0. The number of ether oxygens (including phenoxy) is 1. The number of esters is 1. The van der Waals surface area contributed by atoms with Gasteiger partial charge < -0.3 is 4.74 Å². The lowest BCUT2D eigenvalue weighted by molar-refractivity contribution is -0.159. The average Bonchev–Trinajstić information content (AvgIpc) is 2.63. The van der Waals surface area contributed by atoms with Crippen LogP contribution in [0, 0.1) is 11.2 Å². The average molecular weight is 272 g/mol. The Bertz CT molecular complexity index is 542. The first-order chi connectivity index (χ1) is 8.93. The van der Waals surface area contributed by atoms with Crippen molar-refractivity contribution in [3.8, 4) is 0 Å². The maximum absolute atomic E-state index is 13.3. The summed E-state index contributed by atoms with van der Waals surface area (Å²) in [5.74, 6) is -2.90. The molecule has 0 saturated carbocycles. The molecular formula is C13H11F3O3. The third-order valence-corrected chi connectivity index (χ3v) is 3.20. The van der Waals surface area contributed by atoms with Gasteiger partial charge in [-0.25, -0.2) is 13.2 Å². The zero-order valence-electron chi connectivity index (χ0n) is 10.1. The van der Waals surface area contributed by atoms with Crippen LogP contribution in [-0.2, 0) is 16.0 Å². The molecule has 1 atom stereocenters. The van der Waals surface area contributed by atoms with Gasteiger partial charge in [-0.2, -0.15) is 0 Å². The van der Waals surface area contributed by atoms with E-state index in [9.17, 15) is 22.8 Å². The minimum atomic E-state index is -3.20. The first-order valence-electron chi connectivity index (χ1n) is 5.72. The van der Waals surface area contributed by atoms with Crippen LogP contribution in [0.1, 0.15) is 22.8 Å². The molecule has 0 aliphatic heterocycles. The maximum Gasteiger partial charge on any atom is 0.326 e. The molecule has 0 spiro atoms. The second-order valence-electron chi connectivity index (χ2n) is 4.30. The molecule has 0 aromatic heterocycles. The summed E-state index contributed by atoms with van der Waals surface area (Å²) in [4.78, 5) is 23.8. The highest BCUT2D eigenvalue weighted by Gasteiger charge is 2.59. The van der Waals surface area contributed by atoms with Gasteiger partial charge in [0.25, 0.3) is 6.43 Å². The van der Waals surface area contributed by atoms with Crippen molar-refractivity contribution in [2.24, 2.45) is 5.41 Å². The lowest BCUT2D eigenvalue weighted by Gasteiger charge is -2.23. The van der Waals surface area contributed by atoms with E-state index in [1.165, 1.54) is 6.92 Å². The number of halogens is 3. The Balaban J connectivity index is 2.50.